The van der Waals surface area contributed by atoms with Crippen LogP contribution in [-0.2, 0) is 14.8 Å². The summed E-state index contributed by atoms with van der Waals surface area (Å²) in [5.74, 6) is -0.0558. The van der Waals surface area contributed by atoms with E-state index >= 15 is 0 Å². The number of amides is 1. The summed E-state index contributed by atoms with van der Waals surface area (Å²) in [4.78, 5) is 12.5. The highest BCUT2D eigenvalue weighted by atomic mass is 35.5. The van der Waals surface area contributed by atoms with Crippen LogP contribution in [0, 0.1) is 0 Å². The molecule has 0 aliphatic carbocycles. The Balaban J connectivity index is 2.06. The molecule has 6 nitrogen and oxygen atoms in total. The Bertz CT molecular complexity index is 929. The van der Waals surface area contributed by atoms with Crippen LogP contribution in [0.2, 0.25) is 10.0 Å². The number of carbonyl (C=O) groups is 1. The van der Waals surface area contributed by atoms with Crippen molar-refractivity contribution in [1.82, 2.24) is 4.31 Å². The molecule has 0 heterocycles. The molecule has 0 saturated carbocycles. The number of hydrogen-bond acceptors (Lipinski definition) is 4. The van der Waals surface area contributed by atoms with Gasteiger partial charge in [0.2, 0.25) is 10.0 Å². The summed E-state index contributed by atoms with van der Waals surface area (Å²) in [7, 11) is -3.54. The van der Waals surface area contributed by atoms with Gasteiger partial charge in [-0.1, -0.05) is 37.0 Å². The van der Waals surface area contributed by atoms with Crippen LogP contribution in [0.25, 0.3) is 0 Å². The molecule has 2 aromatic rings. The normalized spacial score (nSPS) is 12.6. The van der Waals surface area contributed by atoms with Gasteiger partial charge in [0.15, 0.2) is 6.10 Å². The highest BCUT2D eigenvalue weighted by molar-refractivity contribution is 7.89. The molecule has 28 heavy (non-hydrogen) atoms. The maximum Gasteiger partial charge on any atom is 0.265 e. The zero-order valence-corrected chi connectivity index (χ0v) is 18.1. The van der Waals surface area contributed by atoms with Crippen molar-refractivity contribution in [2.24, 2.45) is 0 Å². The zero-order valence-electron chi connectivity index (χ0n) is 15.8. The third-order valence-corrected chi connectivity index (χ3v) is 6.63. The third-order valence-electron chi connectivity index (χ3n) is 4.03. The first kappa shape index (κ1) is 22.5. The smallest absolute Gasteiger partial charge is 0.265 e. The van der Waals surface area contributed by atoms with Gasteiger partial charge in [0, 0.05) is 23.8 Å². The van der Waals surface area contributed by atoms with Gasteiger partial charge in [-0.3, -0.25) is 4.79 Å². The Hall–Kier alpha value is -1.80. The van der Waals surface area contributed by atoms with Crippen LogP contribution < -0.4 is 10.1 Å². The molecular weight excluding hydrogens is 423 g/mol. The van der Waals surface area contributed by atoms with Crippen molar-refractivity contribution in [3.63, 3.8) is 0 Å². The topological polar surface area (TPSA) is 75.7 Å². The van der Waals surface area contributed by atoms with Crippen molar-refractivity contribution in [2.45, 2.75) is 31.8 Å². The van der Waals surface area contributed by atoms with Crippen LogP contribution in [0.1, 0.15) is 20.8 Å². The minimum atomic E-state index is -3.54. The van der Waals surface area contributed by atoms with E-state index in [-0.39, 0.29) is 4.90 Å². The number of ether oxygens (including phenoxy) is 1. The summed E-state index contributed by atoms with van der Waals surface area (Å²) in [5, 5.41) is 3.46. The minimum Gasteiger partial charge on any atom is -0.479 e. The fraction of sp³-hybridized carbons (Fsp3) is 0.316. The lowest BCUT2D eigenvalue weighted by molar-refractivity contribution is -0.122. The molecule has 1 amide bonds. The maximum absolute atomic E-state index is 12.5. The van der Waals surface area contributed by atoms with Gasteiger partial charge in [-0.2, -0.15) is 4.31 Å². The minimum absolute atomic E-state index is 0.173. The van der Waals surface area contributed by atoms with Crippen molar-refractivity contribution in [3.8, 4) is 5.75 Å². The van der Waals surface area contributed by atoms with Crippen molar-refractivity contribution in [1.29, 1.82) is 0 Å². The number of carbonyl (C=O) groups excluding carboxylic acids is 1. The van der Waals surface area contributed by atoms with Crippen LogP contribution in [0.5, 0.6) is 5.75 Å². The summed E-state index contributed by atoms with van der Waals surface area (Å²) in [6, 6.07) is 10.7. The van der Waals surface area contributed by atoms with Gasteiger partial charge in [0.25, 0.3) is 5.91 Å². The second-order valence-corrected chi connectivity index (χ2v) is 8.72. The zero-order chi connectivity index (χ0) is 20.9. The van der Waals surface area contributed by atoms with Crippen LogP contribution >= 0.6 is 23.2 Å². The Morgan fingerprint density at radius 2 is 1.71 bits per heavy atom. The highest BCUT2D eigenvalue weighted by Gasteiger charge is 2.22. The molecule has 2 aromatic carbocycles. The number of nitrogens with one attached hydrogen (secondary N) is 1. The van der Waals surface area contributed by atoms with Gasteiger partial charge in [-0.05, 0) is 49.4 Å². The number of hydrogen-bond donors (Lipinski definition) is 1. The van der Waals surface area contributed by atoms with Gasteiger partial charge >= 0.3 is 0 Å². The second kappa shape index (κ2) is 9.60. The third kappa shape index (κ3) is 5.38. The number of sulfonamides is 1. The first-order valence-electron chi connectivity index (χ1n) is 8.71. The molecule has 0 aliphatic rings. The van der Waals surface area contributed by atoms with E-state index in [1.807, 2.05) is 0 Å². The van der Waals surface area contributed by atoms with E-state index in [1.165, 1.54) is 34.6 Å². The van der Waals surface area contributed by atoms with Crippen LogP contribution in [0.4, 0.5) is 5.69 Å². The molecule has 152 valence electrons. The summed E-state index contributed by atoms with van der Waals surface area (Å²) in [5.41, 5.74) is 0.459. The Morgan fingerprint density at radius 3 is 2.25 bits per heavy atom. The lowest BCUT2D eigenvalue weighted by atomic mass is 10.3. The number of benzene rings is 2. The average Bonchev–Trinajstić information content (AvgIpc) is 2.65. The van der Waals surface area contributed by atoms with Crippen molar-refractivity contribution >= 4 is 44.8 Å². The predicted molar refractivity (Wildman–Crippen MR) is 112 cm³/mol. The van der Waals surface area contributed by atoms with E-state index in [0.29, 0.717) is 34.6 Å². The second-order valence-electron chi connectivity index (χ2n) is 5.94. The average molecular weight is 445 g/mol. The number of nitrogens with zero attached hydrogens (tertiary/aromatic N) is 1. The van der Waals surface area contributed by atoms with E-state index in [4.69, 9.17) is 27.9 Å². The van der Waals surface area contributed by atoms with E-state index in [1.54, 1.807) is 32.9 Å². The van der Waals surface area contributed by atoms with Crippen LogP contribution in [0.3, 0.4) is 0 Å². The summed E-state index contributed by atoms with van der Waals surface area (Å²) in [6.45, 7) is 5.92. The Labute approximate surface area is 175 Å². The van der Waals surface area contributed by atoms with Gasteiger partial charge in [0.1, 0.15) is 5.75 Å². The molecule has 0 saturated heterocycles. The molecule has 1 unspecified atom stereocenters. The van der Waals surface area contributed by atoms with E-state index < -0.39 is 22.0 Å². The SMILES string of the molecule is CCN(CC)S(=O)(=O)c1ccc(NC(=O)C(C)Oc2ccc(Cl)cc2Cl)cc1. The molecule has 2 rings (SSSR count). The lowest BCUT2D eigenvalue weighted by Crippen LogP contribution is -2.31. The highest BCUT2D eigenvalue weighted by Crippen LogP contribution is 2.28. The van der Waals surface area contributed by atoms with E-state index in [9.17, 15) is 13.2 Å². The van der Waals surface area contributed by atoms with Crippen molar-refractivity contribution < 1.29 is 17.9 Å². The Kier molecular flexibility index (Phi) is 7.71. The molecule has 1 atom stereocenters. The quantitative estimate of drug-likeness (QED) is 0.652. The van der Waals surface area contributed by atoms with E-state index in [2.05, 4.69) is 5.32 Å². The van der Waals surface area contributed by atoms with Gasteiger partial charge in [-0.25, -0.2) is 8.42 Å². The van der Waals surface area contributed by atoms with E-state index in [0.717, 1.165) is 0 Å². The predicted octanol–water partition coefficient (Wildman–Crippen LogP) is 4.43. The molecule has 1 N–H and O–H groups in total. The maximum atomic E-state index is 12.5. The molecule has 0 bridgehead atoms. The standard InChI is InChI=1S/C19H22Cl2N2O4S/c1-4-23(5-2)28(25,26)16-9-7-15(8-10-16)22-19(24)13(3)27-18-11-6-14(20)12-17(18)21/h6-13H,4-5H2,1-3H3,(H,22,24). The first-order chi connectivity index (χ1) is 13.2. The first-order valence-corrected chi connectivity index (χ1v) is 10.9. The molecule has 0 radical (unpaired) electrons. The fourth-order valence-corrected chi connectivity index (χ4v) is 4.39. The molecule has 0 fully saturated rings. The largest absolute Gasteiger partial charge is 0.479 e. The molecule has 0 aliphatic heterocycles. The Morgan fingerprint density at radius 1 is 1.11 bits per heavy atom. The van der Waals surface area contributed by atoms with Crippen molar-refractivity contribution in [3.05, 3.63) is 52.5 Å². The summed E-state index contributed by atoms with van der Waals surface area (Å²) in [6.07, 6.45) is -0.822. The van der Waals surface area contributed by atoms with Crippen molar-refractivity contribution in [2.75, 3.05) is 18.4 Å². The fourth-order valence-electron chi connectivity index (χ4n) is 2.48. The van der Waals surface area contributed by atoms with Crippen LogP contribution in [0.15, 0.2) is 47.4 Å². The summed E-state index contributed by atoms with van der Waals surface area (Å²) >= 11 is 11.9. The van der Waals surface area contributed by atoms with Crippen LogP contribution in [-0.4, -0.2) is 37.8 Å². The van der Waals surface area contributed by atoms with Gasteiger partial charge in [-0.15, -0.1) is 0 Å². The number of rotatable bonds is 8. The molecule has 9 heteroatoms. The van der Waals surface area contributed by atoms with Gasteiger partial charge in [0.05, 0.1) is 9.92 Å². The van der Waals surface area contributed by atoms with Gasteiger partial charge < -0.3 is 10.1 Å². The molecule has 0 aromatic heterocycles. The monoisotopic (exact) mass is 444 g/mol. The number of halogens is 2. The summed E-state index contributed by atoms with van der Waals surface area (Å²) < 4.78 is 31.9. The molecule has 0 spiro atoms. The molecular formula is C19H22Cl2N2O4S. The lowest BCUT2D eigenvalue weighted by Gasteiger charge is -2.19. The number of anilines is 1.